The highest BCUT2D eigenvalue weighted by Gasteiger charge is 2.29. The van der Waals surface area contributed by atoms with Gasteiger partial charge in [-0.3, -0.25) is 9.89 Å². The van der Waals surface area contributed by atoms with Crippen LogP contribution in [0.2, 0.25) is 0 Å². The molecule has 0 aliphatic carbocycles. The van der Waals surface area contributed by atoms with Gasteiger partial charge < -0.3 is 15.0 Å². The van der Waals surface area contributed by atoms with Crippen molar-refractivity contribution >= 4 is 33.7 Å². The number of anilines is 1. The van der Waals surface area contributed by atoms with Crippen molar-refractivity contribution in [1.29, 1.82) is 0 Å². The van der Waals surface area contributed by atoms with Gasteiger partial charge in [-0.1, -0.05) is 22.0 Å². The van der Waals surface area contributed by atoms with E-state index in [0.717, 1.165) is 15.7 Å². The molecule has 0 spiro atoms. The summed E-state index contributed by atoms with van der Waals surface area (Å²) in [7, 11) is 0. The average molecular weight is 421 g/mol. The maximum atomic E-state index is 12.5. The third-order valence-corrected chi connectivity index (χ3v) is 4.40. The lowest BCUT2D eigenvalue weighted by Crippen LogP contribution is -2.40. The fourth-order valence-corrected chi connectivity index (χ4v) is 3.09. The standard InChI is InChI=1S/C18H21BrN4O3/c1-18(2,3)26-17(25)23-8-7-14-13(10-23)15(22-21-14)20-16(24)11-5-4-6-12(19)9-11/h4-6,9H,7-8,10H2,1-3H3,(H2,20,21,22,24). The molecule has 7 nitrogen and oxygen atoms in total. The number of fused-ring (bicyclic) bond motifs is 1. The molecule has 1 aliphatic rings. The van der Waals surface area contributed by atoms with Crippen LogP contribution in [-0.2, 0) is 17.7 Å². The number of H-pyrrole nitrogens is 1. The van der Waals surface area contributed by atoms with Crippen LogP contribution in [0.25, 0.3) is 0 Å². The lowest BCUT2D eigenvalue weighted by atomic mass is 10.1. The van der Waals surface area contributed by atoms with Crippen LogP contribution in [0, 0.1) is 0 Å². The fraction of sp³-hybridized carbons (Fsp3) is 0.389. The first-order chi connectivity index (χ1) is 12.2. The molecule has 0 saturated carbocycles. The fourth-order valence-electron chi connectivity index (χ4n) is 2.69. The number of hydrogen-bond donors (Lipinski definition) is 2. The van der Waals surface area contributed by atoms with Gasteiger partial charge in [-0.05, 0) is 39.0 Å². The highest BCUT2D eigenvalue weighted by molar-refractivity contribution is 9.10. The van der Waals surface area contributed by atoms with Gasteiger partial charge in [0.2, 0.25) is 0 Å². The predicted molar refractivity (Wildman–Crippen MR) is 101 cm³/mol. The Balaban J connectivity index is 1.74. The molecule has 2 heterocycles. The number of carbonyl (C=O) groups excluding carboxylic acids is 2. The Morgan fingerprint density at radius 3 is 2.81 bits per heavy atom. The average Bonchev–Trinajstić information content (AvgIpc) is 2.95. The van der Waals surface area contributed by atoms with Crippen LogP contribution >= 0.6 is 15.9 Å². The van der Waals surface area contributed by atoms with Gasteiger partial charge in [-0.25, -0.2) is 4.79 Å². The molecule has 2 aromatic rings. The molecular weight excluding hydrogens is 400 g/mol. The lowest BCUT2D eigenvalue weighted by molar-refractivity contribution is 0.0224. The monoisotopic (exact) mass is 420 g/mol. The summed E-state index contributed by atoms with van der Waals surface area (Å²) in [5.74, 6) is 0.188. The molecule has 0 bridgehead atoms. The van der Waals surface area contributed by atoms with E-state index in [0.29, 0.717) is 30.9 Å². The Bertz CT molecular complexity index is 841. The molecular formula is C18H21BrN4O3. The van der Waals surface area contributed by atoms with Gasteiger partial charge in [0.1, 0.15) is 5.60 Å². The molecule has 0 radical (unpaired) electrons. The number of amides is 2. The van der Waals surface area contributed by atoms with Crippen LogP contribution in [0.3, 0.4) is 0 Å². The molecule has 1 aromatic carbocycles. The molecule has 138 valence electrons. The van der Waals surface area contributed by atoms with Crippen molar-refractivity contribution in [2.24, 2.45) is 0 Å². The maximum Gasteiger partial charge on any atom is 0.410 e. The number of rotatable bonds is 2. The van der Waals surface area contributed by atoms with Gasteiger partial charge >= 0.3 is 6.09 Å². The zero-order chi connectivity index (χ0) is 18.9. The van der Waals surface area contributed by atoms with Crippen LogP contribution in [0.1, 0.15) is 42.4 Å². The number of nitrogens with one attached hydrogen (secondary N) is 2. The van der Waals surface area contributed by atoms with E-state index in [9.17, 15) is 9.59 Å². The number of carbonyl (C=O) groups is 2. The number of hydrogen-bond acceptors (Lipinski definition) is 4. The summed E-state index contributed by atoms with van der Waals surface area (Å²) in [4.78, 5) is 26.4. The van der Waals surface area contributed by atoms with E-state index in [4.69, 9.17) is 4.74 Å². The second kappa shape index (κ2) is 7.11. The number of ether oxygens (including phenoxy) is 1. The molecule has 2 N–H and O–H groups in total. The minimum atomic E-state index is -0.550. The normalized spacial score (nSPS) is 13.9. The highest BCUT2D eigenvalue weighted by atomic mass is 79.9. The zero-order valence-electron chi connectivity index (χ0n) is 14.9. The van der Waals surface area contributed by atoms with Crippen LogP contribution in [0.15, 0.2) is 28.7 Å². The first-order valence-electron chi connectivity index (χ1n) is 8.34. The molecule has 1 aromatic heterocycles. The molecule has 0 unspecified atom stereocenters. The van der Waals surface area contributed by atoms with Crippen LogP contribution < -0.4 is 5.32 Å². The predicted octanol–water partition coefficient (Wildman–Crippen LogP) is 3.72. The quantitative estimate of drug-likeness (QED) is 0.774. The molecule has 26 heavy (non-hydrogen) atoms. The van der Waals surface area contributed by atoms with Gasteiger partial charge in [0.25, 0.3) is 5.91 Å². The number of aromatic amines is 1. The van der Waals surface area contributed by atoms with E-state index in [2.05, 4.69) is 31.4 Å². The molecule has 1 aliphatic heterocycles. The SMILES string of the molecule is CC(C)(C)OC(=O)N1CCc2[nH]nc(NC(=O)c3cccc(Br)c3)c2C1. The molecule has 0 fully saturated rings. The topological polar surface area (TPSA) is 87.3 Å². The third kappa shape index (κ3) is 4.24. The summed E-state index contributed by atoms with van der Waals surface area (Å²) >= 11 is 3.36. The second-order valence-electron chi connectivity index (χ2n) is 7.15. The number of halogens is 1. The van der Waals surface area contributed by atoms with Crippen molar-refractivity contribution in [3.05, 3.63) is 45.6 Å². The van der Waals surface area contributed by atoms with E-state index < -0.39 is 5.60 Å². The van der Waals surface area contributed by atoms with Crippen molar-refractivity contribution in [2.75, 3.05) is 11.9 Å². The minimum Gasteiger partial charge on any atom is -0.444 e. The number of nitrogens with zero attached hydrogens (tertiary/aromatic N) is 2. The summed E-state index contributed by atoms with van der Waals surface area (Å²) in [6, 6.07) is 7.11. The first kappa shape index (κ1) is 18.4. The van der Waals surface area contributed by atoms with Gasteiger partial charge in [0.05, 0.1) is 6.54 Å². The second-order valence-corrected chi connectivity index (χ2v) is 8.06. The Morgan fingerprint density at radius 2 is 2.12 bits per heavy atom. The summed E-state index contributed by atoms with van der Waals surface area (Å²) < 4.78 is 6.26. The van der Waals surface area contributed by atoms with Crippen molar-refractivity contribution in [2.45, 2.75) is 39.3 Å². The maximum absolute atomic E-state index is 12.5. The lowest BCUT2D eigenvalue weighted by Gasteiger charge is -2.30. The highest BCUT2D eigenvalue weighted by Crippen LogP contribution is 2.26. The summed E-state index contributed by atoms with van der Waals surface area (Å²) in [6.07, 6.45) is 0.266. The molecule has 8 heteroatoms. The smallest absolute Gasteiger partial charge is 0.410 e. The van der Waals surface area contributed by atoms with Gasteiger partial charge in [0, 0.05) is 34.3 Å². The number of aromatic nitrogens is 2. The summed E-state index contributed by atoms with van der Waals surface area (Å²) in [5, 5.41) is 9.98. The Morgan fingerprint density at radius 1 is 1.35 bits per heavy atom. The Kier molecular flexibility index (Phi) is 5.04. The zero-order valence-corrected chi connectivity index (χ0v) is 16.5. The van der Waals surface area contributed by atoms with Gasteiger partial charge in [-0.2, -0.15) is 5.10 Å². The first-order valence-corrected chi connectivity index (χ1v) is 9.13. The molecule has 0 saturated heterocycles. The van der Waals surface area contributed by atoms with Crippen LogP contribution in [-0.4, -0.2) is 39.2 Å². The molecule has 0 atom stereocenters. The van der Waals surface area contributed by atoms with E-state index >= 15 is 0 Å². The van der Waals surface area contributed by atoms with E-state index in [1.54, 1.807) is 23.1 Å². The van der Waals surface area contributed by atoms with Crippen molar-refractivity contribution in [3.8, 4) is 0 Å². The van der Waals surface area contributed by atoms with Crippen LogP contribution in [0.5, 0.6) is 0 Å². The Hall–Kier alpha value is -2.35. The molecule has 3 rings (SSSR count). The van der Waals surface area contributed by atoms with Crippen LogP contribution in [0.4, 0.5) is 10.6 Å². The van der Waals surface area contributed by atoms with Gasteiger partial charge in [0.15, 0.2) is 5.82 Å². The van der Waals surface area contributed by atoms with Gasteiger partial charge in [-0.15, -0.1) is 0 Å². The minimum absolute atomic E-state index is 0.255. The number of benzene rings is 1. The summed E-state index contributed by atoms with van der Waals surface area (Å²) in [6.45, 7) is 6.39. The van der Waals surface area contributed by atoms with Crippen molar-refractivity contribution in [1.82, 2.24) is 15.1 Å². The van der Waals surface area contributed by atoms with Crippen molar-refractivity contribution < 1.29 is 14.3 Å². The Labute approximate surface area is 160 Å². The summed E-state index contributed by atoms with van der Waals surface area (Å²) in [5.41, 5.74) is 1.71. The third-order valence-electron chi connectivity index (χ3n) is 3.90. The largest absolute Gasteiger partial charge is 0.444 e. The van der Waals surface area contributed by atoms with E-state index in [1.807, 2.05) is 26.8 Å². The van der Waals surface area contributed by atoms with E-state index in [-0.39, 0.29) is 12.0 Å². The molecule has 2 amide bonds. The van der Waals surface area contributed by atoms with E-state index in [1.165, 1.54) is 0 Å². The van der Waals surface area contributed by atoms with Crippen molar-refractivity contribution in [3.63, 3.8) is 0 Å².